The zero-order valence-electron chi connectivity index (χ0n) is 12.2. The molecule has 6 nitrogen and oxygen atoms in total. The third kappa shape index (κ3) is 2.87. The Hall–Kier alpha value is -2.60. The smallest absolute Gasteiger partial charge is 0.251 e. The average molecular weight is 299 g/mol. The number of pyridine rings is 1. The summed E-state index contributed by atoms with van der Waals surface area (Å²) in [6, 6.07) is 8.85. The van der Waals surface area contributed by atoms with Crippen LogP contribution in [-0.4, -0.2) is 17.7 Å². The van der Waals surface area contributed by atoms with E-state index in [9.17, 15) is 4.79 Å². The highest BCUT2D eigenvalue weighted by atomic mass is 16.7. The van der Waals surface area contributed by atoms with Crippen molar-refractivity contribution in [1.29, 1.82) is 0 Å². The quantitative estimate of drug-likeness (QED) is 0.898. The maximum absolute atomic E-state index is 12.3. The molecule has 0 aliphatic carbocycles. The van der Waals surface area contributed by atoms with Crippen molar-refractivity contribution >= 4 is 5.91 Å². The topological polar surface area (TPSA) is 86.5 Å². The van der Waals surface area contributed by atoms with E-state index >= 15 is 0 Å². The molecule has 1 unspecified atom stereocenters. The van der Waals surface area contributed by atoms with Crippen LogP contribution in [0.5, 0.6) is 11.5 Å². The van der Waals surface area contributed by atoms with E-state index < -0.39 is 0 Å². The molecular formula is C16H17N3O3. The molecule has 1 aromatic heterocycles. The van der Waals surface area contributed by atoms with Gasteiger partial charge in [-0.05, 0) is 36.8 Å². The summed E-state index contributed by atoms with van der Waals surface area (Å²) in [6.45, 7) is 2.46. The number of fused-ring (bicyclic) bond motifs is 1. The highest BCUT2D eigenvalue weighted by Crippen LogP contribution is 2.34. The summed E-state index contributed by atoms with van der Waals surface area (Å²) in [5.41, 5.74) is 7.72. The Labute approximate surface area is 128 Å². The lowest BCUT2D eigenvalue weighted by molar-refractivity contribution is 0.0939. The van der Waals surface area contributed by atoms with Crippen molar-refractivity contribution in [1.82, 2.24) is 10.3 Å². The molecule has 0 radical (unpaired) electrons. The lowest BCUT2D eigenvalue weighted by atomic mass is 10.1. The van der Waals surface area contributed by atoms with Crippen LogP contribution in [0, 0.1) is 0 Å². The summed E-state index contributed by atoms with van der Waals surface area (Å²) >= 11 is 0. The molecule has 1 aromatic carbocycles. The molecule has 2 heterocycles. The molecule has 2 aromatic rings. The van der Waals surface area contributed by atoms with Gasteiger partial charge in [-0.1, -0.05) is 6.07 Å². The Kier molecular flexibility index (Phi) is 3.93. The molecule has 22 heavy (non-hydrogen) atoms. The van der Waals surface area contributed by atoms with Gasteiger partial charge in [0.1, 0.15) is 0 Å². The largest absolute Gasteiger partial charge is 0.454 e. The first-order valence-electron chi connectivity index (χ1n) is 7.03. The highest BCUT2D eigenvalue weighted by molar-refractivity contribution is 5.94. The monoisotopic (exact) mass is 299 g/mol. The molecule has 0 bridgehead atoms. The van der Waals surface area contributed by atoms with Crippen molar-refractivity contribution in [3.8, 4) is 11.5 Å². The number of aromatic nitrogens is 1. The standard InChI is InChI=1S/C16H17N3O3/c1-10(11-2-3-14-15(7-11)22-9-21-14)19-16(20)12-4-5-18-13(6-12)8-17/h2-7,10H,8-9,17H2,1H3,(H,19,20). The lowest BCUT2D eigenvalue weighted by Crippen LogP contribution is -2.26. The van der Waals surface area contributed by atoms with Crippen LogP contribution in [0.4, 0.5) is 0 Å². The van der Waals surface area contributed by atoms with Gasteiger partial charge in [-0.3, -0.25) is 9.78 Å². The van der Waals surface area contributed by atoms with Gasteiger partial charge in [0.15, 0.2) is 11.5 Å². The van der Waals surface area contributed by atoms with Crippen molar-refractivity contribution in [3.05, 3.63) is 53.3 Å². The number of benzene rings is 1. The first kappa shape index (κ1) is 14.3. The number of nitrogens with zero attached hydrogens (tertiary/aromatic N) is 1. The van der Waals surface area contributed by atoms with Crippen molar-refractivity contribution in [3.63, 3.8) is 0 Å². The third-order valence-electron chi connectivity index (χ3n) is 3.53. The second-order valence-corrected chi connectivity index (χ2v) is 5.05. The maximum Gasteiger partial charge on any atom is 0.251 e. The van der Waals surface area contributed by atoms with Gasteiger partial charge in [0.05, 0.1) is 11.7 Å². The second kappa shape index (κ2) is 6.03. The minimum absolute atomic E-state index is 0.156. The Bertz CT molecular complexity index is 703. The molecule has 3 rings (SSSR count). The second-order valence-electron chi connectivity index (χ2n) is 5.05. The molecule has 0 fully saturated rings. The Morgan fingerprint density at radius 3 is 2.95 bits per heavy atom. The minimum Gasteiger partial charge on any atom is -0.454 e. The van der Waals surface area contributed by atoms with Crippen LogP contribution in [0.1, 0.15) is 34.6 Å². The van der Waals surface area contributed by atoms with E-state index in [-0.39, 0.29) is 18.7 Å². The van der Waals surface area contributed by atoms with E-state index in [0.29, 0.717) is 23.6 Å². The summed E-state index contributed by atoms with van der Waals surface area (Å²) in [6.07, 6.45) is 1.59. The zero-order valence-corrected chi connectivity index (χ0v) is 12.2. The molecule has 1 aliphatic heterocycles. The van der Waals surface area contributed by atoms with Gasteiger partial charge in [-0.15, -0.1) is 0 Å². The molecule has 0 saturated heterocycles. The van der Waals surface area contributed by atoms with E-state index in [1.54, 1.807) is 18.3 Å². The summed E-state index contributed by atoms with van der Waals surface area (Å²) in [4.78, 5) is 16.4. The molecule has 1 atom stereocenters. The number of ether oxygens (including phenoxy) is 2. The molecule has 6 heteroatoms. The molecule has 0 spiro atoms. The predicted octanol–water partition coefficient (Wildman–Crippen LogP) is 1.76. The first-order chi connectivity index (χ1) is 10.7. The Morgan fingerprint density at radius 2 is 2.14 bits per heavy atom. The van der Waals surface area contributed by atoms with E-state index in [1.807, 2.05) is 25.1 Å². The number of amides is 1. The number of nitrogens with one attached hydrogen (secondary N) is 1. The molecule has 1 amide bonds. The summed E-state index contributed by atoms with van der Waals surface area (Å²) in [5.74, 6) is 1.26. The first-order valence-corrected chi connectivity index (χ1v) is 7.03. The van der Waals surface area contributed by atoms with Crippen molar-refractivity contribution < 1.29 is 14.3 Å². The summed E-state index contributed by atoms with van der Waals surface area (Å²) < 4.78 is 10.6. The molecular weight excluding hydrogens is 282 g/mol. The fourth-order valence-electron chi connectivity index (χ4n) is 2.28. The number of carbonyl (C=O) groups excluding carboxylic acids is 1. The Morgan fingerprint density at radius 1 is 1.32 bits per heavy atom. The van der Waals surface area contributed by atoms with Gasteiger partial charge in [0, 0.05) is 18.3 Å². The van der Waals surface area contributed by atoms with Gasteiger partial charge in [-0.25, -0.2) is 0 Å². The number of hydrogen-bond acceptors (Lipinski definition) is 5. The number of hydrogen-bond donors (Lipinski definition) is 2. The van der Waals surface area contributed by atoms with Gasteiger partial charge in [0.2, 0.25) is 6.79 Å². The highest BCUT2D eigenvalue weighted by Gasteiger charge is 2.17. The van der Waals surface area contributed by atoms with Crippen LogP contribution in [0.15, 0.2) is 36.5 Å². The number of nitrogens with two attached hydrogens (primary N) is 1. The molecule has 114 valence electrons. The third-order valence-corrected chi connectivity index (χ3v) is 3.53. The molecule has 0 saturated carbocycles. The van der Waals surface area contributed by atoms with E-state index in [1.165, 1.54) is 0 Å². The molecule has 1 aliphatic rings. The van der Waals surface area contributed by atoms with Crippen LogP contribution in [0.3, 0.4) is 0 Å². The number of carbonyl (C=O) groups is 1. The molecule has 3 N–H and O–H groups in total. The zero-order chi connectivity index (χ0) is 15.5. The predicted molar refractivity (Wildman–Crippen MR) is 80.6 cm³/mol. The fourth-order valence-corrected chi connectivity index (χ4v) is 2.28. The van der Waals surface area contributed by atoms with Gasteiger partial charge >= 0.3 is 0 Å². The van der Waals surface area contributed by atoms with Crippen LogP contribution in [0.25, 0.3) is 0 Å². The number of rotatable bonds is 4. The fraction of sp³-hybridized carbons (Fsp3) is 0.250. The maximum atomic E-state index is 12.3. The van der Waals surface area contributed by atoms with E-state index in [4.69, 9.17) is 15.2 Å². The summed E-state index contributed by atoms with van der Waals surface area (Å²) in [7, 11) is 0. The average Bonchev–Trinajstić information content (AvgIpc) is 3.02. The van der Waals surface area contributed by atoms with Gasteiger partial charge in [-0.2, -0.15) is 0 Å². The summed E-state index contributed by atoms with van der Waals surface area (Å²) in [5, 5.41) is 2.95. The van der Waals surface area contributed by atoms with Crippen LogP contribution < -0.4 is 20.5 Å². The van der Waals surface area contributed by atoms with Crippen LogP contribution in [0.2, 0.25) is 0 Å². The van der Waals surface area contributed by atoms with Gasteiger partial charge in [0.25, 0.3) is 5.91 Å². The Balaban J connectivity index is 1.73. The normalized spacial score (nSPS) is 13.7. The van der Waals surface area contributed by atoms with E-state index in [2.05, 4.69) is 10.3 Å². The van der Waals surface area contributed by atoms with Crippen LogP contribution in [-0.2, 0) is 6.54 Å². The van der Waals surface area contributed by atoms with Crippen molar-refractivity contribution in [2.75, 3.05) is 6.79 Å². The van der Waals surface area contributed by atoms with Gasteiger partial charge < -0.3 is 20.5 Å². The van der Waals surface area contributed by atoms with Crippen molar-refractivity contribution in [2.24, 2.45) is 5.73 Å². The SMILES string of the molecule is CC(NC(=O)c1ccnc(CN)c1)c1ccc2c(c1)OCO2. The van der Waals surface area contributed by atoms with Crippen molar-refractivity contribution in [2.45, 2.75) is 19.5 Å². The van der Waals surface area contributed by atoms with E-state index in [0.717, 1.165) is 11.3 Å². The minimum atomic E-state index is -0.165. The van der Waals surface area contributed by atoms with Crippen LogP contribution >= 0.6 is 0 Å². The lowest BCUT2D eigenvalue weighted by Gasteiger charge is -2.15.